The third-order valence-corrected chi connectivity index (χ3v) is 3.61. The highest BCUT2D eigenvalue weighted by Gasteiger charge is 2.39. The SMILES string of the molecule is CN(CC1CCCN1c1cccnn1)CC(O)C(F)(F)F. The summed E-state index contributed by atoms with van der Waals surface area (Å²) < 4.78 is 37.1. The molecule has 1 aromatic heterocycles. The van der Waals surface area contributed by atoms with Crippen LogP contribution in [0.3, 0.4) is 0 Å². The van der Waals surface area contributed by atoms with Gasteiger partial charge in [0, 0.05) is 31.9 Å². The predicted molar refractivity (Wildman–Crippen MR) is 72.0 cm³/mol. The zero-order valence-electron chi connectivity index (χ0n) is 11.8. The molecule has 0 spiro atoms. The summed E-state index contributed by atoms with van der Waals surface area (Å²) in [7, 11) is 1.59. The second-order valence-electron chi connectivity index (χ2n) is 5.35. The lowest BCUT2D eigenvalue weighted by atomic mass is 10.2. The number of hydrogen-bond donors (Lipinski definition) is 1. The van der Waals surface area contributed by atoms with Gasteiger partial charge in [0.25, 0.3) is 0 Å². The van der Waals surface area contributed by atoms with E-state index in [4.69, 9.17) is 5.11 Å². The lowest BCUT2D eigenvalue weighted by Crippen LogP contribution is -2.45. The molecule has 2 atom stereocenters. The fourth-order valence-corrected chi connectivity index (χ4v) is 2.61. The summed E-state index contributed by atoms with van der Waals surface area (Å²) >= 11 is 0. The molecule has 2 rings (SSSR count). The molecule has 1 aromatic rings. The number of alkyl halides is 3. The summed E-state index contributed by atoms with van der Waals surface area (Å²) in [5, 5.41) is 17.0. The average molecular weight is 304 g/mol. The Labute approximate surface area is 121 Å². The van der Waals surface area contributed by atoms with E-state index in [1.54, 1.807) is 19.3 Å². The van der Waals surface area contributed by atoms with Gasteiger partial charge in [-0.05, 0) is 32.0 Å². The van der Waals surface area contributed by atoms with Crippen LogP contribution in [-0.2, 0) is 0 Å². The van der Waals surface area contributed by atoms with E-state index in [1.807, 2.05) is 6.07 Å². The standard InChI is InChI=1S/C13H19F3N4O/c1-19(9-11(21)13(14,15)16)8-10-4-3-7-20(10)12-5-2-6-17-18-12/h2,5-6,10-11,21H,3-4,7-9H2,1H3. The van der Waals surface area contributed by atoms with Crippen molar-refractivity contribution in [2.75, 3.05) is 31.6 Å². The van der Waals surface area contributed by atoms with Gasteiger partial charge in [0.1, 0.15) is 0 Å². The van der Waals surface area contributed by atoms with Gasteiger partial charge < -0.3 is 14.9 Å². The van der Waals surface area contributed by atoms with Crippen molar-refractivity contribution in [1.82, 2.24) is 15.1 Å². The van der Waals surface area contributed by atoms with Crippen molar-refractivity contribution in [3.05, 3.63) is 18.3 Å². The van der Waals surface area contributed by atoms with E-state index < -0.39 is 18.8 Å². The number of likely N-dealkylation sites (N-methyl/N-ethyl adjacent to an activating group) is 1. The van der Waals surface area contributed by atoms with Crippen LogP contribution in [0.15, 0.2) is 18.3 Å². The van der Waals surface area contributed by atoms with Gasteiger partial charge in [-0.1, -0.05) is 0 Å². The molecular weight excluding hydrogens is 285 g/mol. The number of halogens is 3. The Morgan fingerprint density at radius 3 is 2.90 bits per heavy atom. The summed E-state index contributed by atoms with van der Waals surface area (Å²) in [6, 6.07) is 3.72. The Morgan fingerprint density at radius 2 is 2.29 bits per heavy atom. The van der Waals surface area contributed by atoms with Crippen molar-refractivity contribution in [3.8, 4) is 0 Å². The highest BCUT2D eigenvalue weighted by Crippen LogP contribution is 2.24. The van der Waals surface area contributed by atoms with Crippen molar-refractivity contribution in [2.24, 2.45) is 0 Å². The monoisotopic (exact) mass is 304 g/mol. The first kappa shape index (κ1) is 16.0. The zero-order chi connectivity index (χ0) is 15.5. The Balaban J connectivity index is 1.92. The number of anilines is 1. The minimum absolute atomic E-state index is 0.0899. The molecule has 118 valence electrons. The van der Waals surface area contributed by atoms with Crippen LogP contribution in [0.1, 0.15) is 12.8 Å². The summed E-state index contributed by atoms with van der Waals surface area (Å²) in [5.41, 5.74) is 0. The minimum Gasteiger partial charge on any atom is -0.382 e. The first-order valence-corrected chi connectivity index (χ1v) is 6.85. The van der Waals surface area contributed by atoms with Crippen molar-refractivity contribution >= 4 is 5.82 Å². The Bertz CT molecular complexity index is 443. The first-order chi connectivity index (χ1) is 9.88. The molecule has 1 fully saturated rings. The zero-order valence-corrected chi connectivity index (χ0v) is 11.8. The van der Waals surface area contributed by atoms with Gasteiger partial charge in [0.05, 0.1) is 0 Å². The van der Waals surface area contributed by atoms with Crippen molar-refractivity contribution in [1.29, 1.82) is 0 Å². The molecule has 0 saturated carbocycles. The van der Waals surface area contributed by atoms with Gasteiger partial charge in [0.15, 0.2) is 11.9 Å². The van der Waals surface area contributed by atoms with E-state index in [0.29, 0.717) is 6.54 Å². The fraction of sp³-hybridized carbons (Fsp3) is 0.692. The Morgan fingerprint density at radius 1 is 1.52 bits per heavy atom. The largest absolute Gasteiger partial charge is 0.415 e. The predicted octanol–water partition coefficient (Wildman–Crippen LogP) is 1.30. The van der Waals surface area contributed by atoms with Crippen LogP contribution >= 0.6 is 0 Å². The van der Waals surface area contributed by atoms with Crippen LogP contribution in [-0.4, -0.2) is 65.2 Å². The number of aromatic nitrogens is 2. The molecule has 0 amide bonds. The van der Waals surface area contributed by atoms with Crippen LogP contribution in [0.25, 0.3) is 0 Å². The number of nitrogens with zero attached hydrogens (tertiary/aromatic N) is 4. The lowest BCUT2D eigenvalue weighted by Gasteiger charge is -2.30. The normalized spacial score (nSPS) is 21.0. The van der Waals surface area contributed by atoms with Gasteiger partial charge in [-0.3, -0.25) is 0 Å². The number of aliphatic hydroxyl groups excluding tert-OH is 1. The number of aliphatic hydroxyl groups is 1. The minimum atomic E-state index is -4.57. The van der Waals surface area contributed by atoms with E-state index in [9.17, 15) is 13.2 Å². The molecule has 21 heavy (non-hydrogen) atoms. The molecular formula is C13H19F3N4O. The molecule has 1 N–H and O–H groups in total. The molecule has 0 bridgehead atoms. The third kappa shape index (κ3) is 4.28. The lowest BCUT2D eigenvalue weighted by molar-refractivity contribution is -0.207. The summed E-state index contributed by atoms with van der Waals surface area (Å²) in [5.74, 6) is 0.741. The van der Waals surface area contributed by atoms with Crippen LogP contribution in [0.2, 0.25) is 0 Å². The van der Waals surface area contributed by atoms with E-state index in [0.717, 1.165) is 25.2 Å². The molecule has 0 radical (unpaired) electrons. The third-order valence-electron chi connectivity index (χ3n) is 3.61. The van der Waals surface area contributed by atoms with E-state index in [2.05, 4.69) is 15.1 Å². The molecule has 5 nitrogen and oxygen atoms in total. The van der Waals surface area contributed by atoms with Crippen molar-refractivity contribution in [3.63, 3.8) is 0 Å². The van der Waals surface area contributed by atoms with Crippen LogP contribution in [0.4, 0.5) is 19.0 Å². The van der Waals surface area contributed by atoms with Gasteiger partial charge in [-0.25, -0.2) is 0 Å². The first-order valence-electron chi connectivity index (χ1n) is 6.85. The van der Waals surface area contributed by atoms with Gasteiger partial charge in [-0.15, -0.1) is 5.10 Å². The smallest absolute Gasteiger partial charge is 0.382 e. The van der Waals surface area contributed by atoms with E-state index >= 15 is 0 Å². The topological polar surface area (TPSA) is 52.5 Å². The molecule has 8 heteroatoms. The number of hydrogen-bond acceptors (Lipinski definition) is 5. The van der Waals surface area contributed by atoms with E-state index in [1.165, 1.54) is 4.90 Å². The number of rotatable bonds is 5. The Kier molecular flexibility index (Phi) is 5.00. The second kappa shape index (κ2) is 6.57. The summed E-state index contributed by atoms with van der Waals surface area (Å²) in [6.45, 7) is 0.844. The maximum Gasteiger partial charge on any atom is 0.415 e. The quantitative estimate of drug-likeness (QED) is 0.888. The van der Waals surface area contributed by atoms with Gasteiger partial charge in [0.2, 0.25) is 0 Å². The summed E-state index contributed by atoms with van der Waals surface area (Å²) in [6.07, 6.45) is -3.44. The second-order valence-corrected chi connectivity index (χ2v) is 5.35. The highest BCUT2D eigenvalue weighted by atomic mass is 19.4. The average Bonchev–Trinajstić information content (AvgIpc) is 2.86. The molecule has 2 unspecified atom stereocenters. The molecule has 0 aromatic carbocycles. The van der Waals surface area contributed by atoms with Crippen molar-refractivity contribution in [2.45, 2.75) is 31.2 Å². The Hall–Kier alpha value is -1.41. The molecule has 1 aliphatic rings. The molecule has 1 saturated heterocycles. The van der Waals surface area contributed by atoms with Crippen LogP contribution in [0.5, 0.6) is 0 Å². The van der Waals surface area contributed by atoms with Crippen LogP contribution < -0.4 is 4.90 Å². The van der Waals surface area contributed by atoms with Crippen LogP contribution in [0, 0.1) is 0 Å². The summed E-state index contributed by atoms with van der Waals surface area (Å²) in [4.78, 5) is 3.57. The van der Waals surface area contributed by atoms with Gasteiger partial charge in [-0.2, -0.15) is 18.3 Å². The molecule has 0 aliphatic carbocycles. The molecule has 1 aliphatic heterocycles. The fourth-order valence-electron chi connectivity index (χ4n) is 2.61. The molecule has 2 heterocycles. The van der Waals surface area contributed by atoms with E-state index in [-0.39, 0.29) is 6.04 Å². The maximum atomic E-state index is 12.4. The van der Waals surface area contributed by atoms with Crippen molar-refractivity contribution < 1.29 is 18.3 Å². The maximum absolute atomic E-state index is 12.4. The van der Waals surface area contributed by atoms with Gasteiger partial charge >= 0.3 is 6.18 Å². The highest BCUT2D eigenvalue weighted by molar-refractivity contribution is 5.39.